The maximum atomic E-state index is 5.64. The summed E-state index contributed by atoms with van der Waals surface area (Å²) in [4.78, 5) is 0. The molecule has 1 aromatic carbocycles. The molecular weight excluding hydrogens is 168 g/mol. The molecule has 12 heavy (non-hydrogen) atoms. The minimum absolute atomic E-state index is 0.757. The predicted molar refractivity (Wildman–Crippen MR) is 55.0 cm³/mol. The summed E-state index contributed by atoms with van der Waals surface area (Å²) < 4.78 is 0. The fraction of sp³-hybridized carbons (Fsp3) is 0.455. The third-order valence-electron chi connectivity index (χ3n) is 2.30. The van der Waals surface area contributed by atoms with Crippen LogP contribution in [0.3, 0.4) is 0 Å². The fourth-order valence-corrected chi connectivity index (χ4v) is 1.47. The van der Waals surface area contributed by atoms with Gasteiger partial charge in [0.05, 0.1) is 0 Å². The minimum atomic E-state index is 0.757. The lowest BCUT2D eigenvalue weighted by Gasteiger charge is -2.06. The third kappa shape index (κ3) is 2.25. The molecule has 0 saturated heterocycles. The van der Waals surface area contributed by atoms with Gasteiger partial charge in [-0.15, -0.1) is 11.6 Å². The Morgan fingerprint density at radius 3 is 2.67 bits per heavy atom. The van der Waals surface area contributed by atoms with Gasteiger partial charge in [-0.05, 0) is 43.4 Å². The van der Waals surface area contributed by atoms with E-state index in [1.807, 2.05) is 0 Å². The summed E-state index contributed by atoms with van der Waals surface area (Å²) >= 11 is 5.64. The van der Waals surface area contributed by atoms with E-state index < -0.39 is 0 Å². The molecule has 0 N–H and O–H groups in total. The lowest BCUT2D eigenvalue weighted by molar-refractivity contribution is 0.916. The highest BCUT2D eigenvalue weighted by molar-refractivity contribution is 6.17. The summed E-state index contributed by atoms with van der Waals surface area (Å²) in [5, 5.41) is 0. The van der Waals surface area contributed by atoms with Crippen molar-refractivity contribution in [2.75, 3.05) is 5.88 Å². The highest BCUT2D eigenvalue weighted by atomic mass is 35.5. The summed E-state index contributed by atoms with van der Waals surface area (Å²) in [6.07, 6.45) is 2.18. The van der Waals surface area contributed by atoms with Crippen LogP contribution in [-0.2, 0) is 6.42 Å². The molecule has 0 saturated carbocycles. The summed E-state index contributed by atoms with van der Waals surface area (Å²) in [6, 6.07) is 6.46. The van der Waals surface area contributed by atoms with Gasteiger partial charge in [0.15, 0.2) is 0 Å². The minimum Gasteiger partial charge on any atom is -0.127 e. The molecule has 0 heterocycles. The van der Waals surface area contributed by atoms with Crippen LogP contribution in [0.2, 0.25) is 0 Å². The normalized spacial score (nSPS) is 10.2. The lowest BCUT2D eigenvalue weighted by atomic mass is 10.0. The summed E-state index contributed by atoms with van der Waals surface area (Å²) in [6.45, 7) is 4.33. The highest BCUT2D eigenvalue weighted by Crippen LogP contribution is 2.14. The molecule has 0 unspecified atom stereocenters. The Morgan fingerprint density at radius 2 is 2.00 bits per heavy atom. The van der Waals surface area contributed by atoms with Gasteiger partial charge < -0.3 is 0 Å². The number of hydrogen-bond donors (Lipinski definition) is 0. The van der Waals surface area contributed by atoms with Crippen LogP contribution in [-0.4, -0.2) is 5.88 Å². The standard InChI is InChI=1S/C11H15Cl/c1-9-5-3-6-11(10(9)2)7-4-8-12/h3,5-6H,4,7-8H2,1-2H3. The Balaban J connectivity index is 2.78. The quantitative estimate of drug-likeness (QED) is 0.628. The van der Waals surface area contributed by atoms with Crippen LogP contribution in [0.5, 0.6) is 0 Å². The molecule has 0 spiro atoms. The van der Waals surface area contributed by atoms with Gasteiger partial charge in [0.1, 0.15) is 0 Å². The number of aryl methyl sites for hydroxylation is 2. The number of alkyl halides is 1. The fourth-order valence-electron chi connectivity index (χ4n) is 1.34. The molecule has 0 bridgehead atoms. The van der Waals surface area contributed by atoms with Crippen molar-refractivity contribution in [2.24, 2.45) is 0 Å². The van der Waals surface area contributed by atoms with Crippen molar-refractivity contribution in [3.63, 3.8) is 0 Å². The summed E-state index contributed by atoms with van der Waals surface area (Å²) in [5.41, 5.74) is 4.24. The molecule has 1 rings (SSSR count). The average molecular weight is 183 g/mol. The van der Waals surface area contributed by atoms with Gasteiger partial charge in [-0.25, -0.2) is 0 Å². The predicted octanol–water partition coefficient (Wildman–Crippen LogP) is 3.47. The number of hydrogen-bond acceptors (Lipinski definition) is 0. The molecule has 0 aliphatic carbocycles. The summed E-state index contributed by atoms with van der Waals surface area (Å²) in [5.74, 6) is 0.757. The van der Waals surface area contributed by atoms with Crippen LogP contribution in [0.1, 0.15) is 23.1 Å². The first-order valence-electron chi connectivity index (χ1n) is 4.36. The van der Waals surface area contributed by atoms with Crippen LogP contribution in [0.4, 0.5) is 0 Å². The Hall–Kier alpha value is -0.490. The zero-order valence-electron chi connectivity index (χ0n) is 7.73. The zero-order chi connectivity index (χ0) is 8.97. The molecule has 0 aromatic heterocycles. The topological polar surface area (TPSA) is 0 Å². The summed E-state index contributed by atoms with van der Waals surface area (Å²) in [7, 11) is 0. The molecule has 0 aliphatic heterocycles. The lowest BCUT2D eigenvalue weighted by Crippen LogP contribution is -1.92. The second-order valence-corrected chi connectivity index (χ2v) is 3.53. The van der Waals surface area contributed by atoms with Crippen LogP contribution in [0, 0.1) is 13.8 Å². The van der Waals surface area contributed by atoms with E-state index in [1.165, 1.54) is 16.7 Å². The molecule has 0 fully saturated rings. The first-order valence-corrected chi connectivity index (χ1v) is 4.90. The molecule has 0 atom stereocenters. The second-order valence-electron chi connectivity index (χ2n) is 3.15. The Morgan fingerprint density at radius 1 is 1.25 bits per heavy atom. The van der Waals surface area contributed by atoms with Gasteiger partial charge in [-0.1, -0.05) is 18.2 Å². The van der Waals surface area contributed by atoms with Gasteiger partial charge in [-0.2, -0.15) is 0 Å². The van der Waals surface area contributed by atoms with Crippen molar-refractivity contribution in [3.8, 4) is 0 Å². The molecule has 1 aromatic rings. The van der Waals surface area contributed by atoms with Gasteiger partial charge in [0, 0.05) is 5.88 Å². The van der Waals surface area contributed by atoms with Crippen LogP contribution in [0.25, 0.3) is 0 Å². The first kappa shape index (κ1) is 9.60. The van der Waals surface area contributed by atoms with Gasteiger partial charge in [0.25, 0.3) is 0 Å². The van der Waals surface area contributed by atoms with Crippen molar-refractivity contribution in [2.45, 2.75) is 26.7 Å². The molecule has 0 nitrogen and oxygen atoms in total. The smallest absolute Gasteiger partial charge is 0.0226 e. The van der Waals surface area contributed by atoms with E-state index >= 15 is 0 Å². The van der Waals surface area contributed by atoms with Crippen LogP contribution in [0.15, 0.2) is 18.2 Å². The van der Waals surface area contributed by atoms with E-state index in [0.717, 1.165) is 18.7 Å². The molecule has 0 amide bonds. The number of benzene rings is 1. The van der Waals surface area contributed by atoms with Gasteiger partial charge in [-0.3, -0.25) is 0 Å². The third-order valence-corrected chi connectivity index (χ3v) is 2.56. The van der Waals surface area contributed by atoms with E-state index in [0.29, 0.717) is 0 Å². The SMILES string of the molecule is Cc1cccc(CCCCl)c1C. The largest absolute Gasteiger partial charge is 0.127 e. The Kier molecular flexibility index (Phi) is 3.61. The van der Waals surface area contributed by atoms with Crippen molar-refractivity contribution in [1.82, 2.24) is 0 Å². The number of rotatable bonds is 3. The van der Waals surface area contributed by atoms with Crippen molar-refractivity contribution in [1.29, 1.82) is 0 Å². The van der Waals surface area contributed by atoms with Crippen molar-refractivity contribution < 1.29 is 0 Å². The second kappa shape index (κ2) is 4.51. The van der Waals surface area contributed by atoms with Crippen LogP contribution >= 0.6 is 11.6 Å². The highest BCUT2D eigenvalue weighted by Gasteiger charge is 1.98. The average Bonchev–Trinajstić information content (AvgIpc) is 2.08. The molecular formula is C11H15Cl. The molecule has 0 aliphatic rings. The van der Waals surface area contributed by atoms with Gasteiger partial charge in [0.2, 0.25) is 0 Å². The Labute approximate surface area is 79.6 Å². The van der Waals surface area contributed by atoms with E-state index in [1.54, 1.807) is 0 Å². The van der Waals surface area contributed by atoms with E-state index in [4.69, 9.17) is 11.6 Å². The molecule has 0 radical (unpaired) electrons. The maximum Gasteiger partial charge on any atom is 0.0226 e. The Bertz CT molecular complexity index is 253. The zero-order valence-corrected chi connectivity index (χ0v) is 8.49. The first-order chi connectivity index (χ1) is 5.75. The monoisotopic (exact) mass is 182 g/mol. The van der Waals surface area contributed by atoms with Crippen molar-refractivity contribution >= 4 is 11.6 Å². The van der Waals surface area contributed by atoms with E-state index in [2.05, 4.69) is 32.0 Å². The number of halogens is 1. The maximum absolute atomic E-state index is 5.64. The van der Waals surface area contributed by atoms with Gasteiger partial charge >= 0.3 is 0 Å². The van der Waals surface area contributed by atoms with E-state index in [9.17, 15) is 0 Å². The van der Waals surface area contributed by atoms with Crippen molar-refractivity contribution in [3.05, 3.63) is 34.9 Å². The van der Waals surface area contributed by atoms with E-state index in [-0.39, 0.29) is 0 Å². The molecule has 1 heteroatoms. The molecule has 66 valence electrons. The van der Waals surface area contributed by atoms with Crippen LogP contribution < -0.4 is 0 Å².